The summed E-state index contributed by atoms with van der Waals surface area (Å²) in [5.74, 6) is 0.634. The second-order valence-electron chi connectivity index (χ2n) is 4.82. The summed E-state index contributed by atoms with van der Waals surface area (Å²) >= 11 is 3.09. The first-order valence-corrected chi connectivity index (χ1v) is 5.74. The number of carbonyl (C=O) groups is 1. The van der Waals surface area contributed by atoms with Crippen molar-refractivity contribution in [2.24, 2.45) is 11.3 Å². The van der Waals surface area contributed by atoms with E-state index in [2.05, 4.69) is 41.2 Å². The maximum absolute atomic E-state index is 11.1. The molecule has 0 fully saturated rings. The normalized spacial score (nSPS) is 13.6. The monoisotopic (exact) mass is 263 g/mol. The van der Waals surface area contributed by atoms with E-state index in [4.69, 9.17) is 0 Å². The van der Waals surface area contributed by atoms with Crippen molar-refractivity contribution in [3.8, 4) is 0 Å². The first-order valence-electron chi connectivity index (χ1n) is 4.89. The molecule has 3 heteroatoms. The van der Waals surface area contributed by atoms with Gasteiger partial charge in [0, 0.05) is 0 Å². The van der Waals surface area contributed by atoms with E-state index in [0.717, 1.165) is 0 Å². The van der Waals surface area contributed by atoms with Crippen LogP contribution in [-0.4, -0.2) is 44.9 Å². The van der Waals surface area contributed by atoms with Crippen LogP contribution in [0.25, 0.3) is 0 Å². The molecule has 0 aromatic rings. The molecule has 0 aliphatic heterocycles. The van der Waals surface area contributed by atoms with Gasteiger partial charge in [0.25, 0.3) is 0 Å². The van der Waals surface area contributed by atoms with Crippen molar-refractivity contribution < 1.29 is 4.79 Å². The fourth-order valence-electron chi connectivity index (χ4n) is 1.52. The van der Waals surface area contributed by atoms with Crippen molar-refractivity contribution in [1.29, 1.82) is 0 Å². The van der Waals surface area contributed by atoms with Crippen LogP contribution in [0.4, 0.5) is 0 Å². The molecule has 0 aromatic heterocycles. The van der Waals surface area contributed by atoms with Crippen molar-refractivity contribution in [2.45, 2.75) is 34.1 Å². The van der Waals surface area contributed by atoms with Gasteiger partial charge in [-0.3, -0.25) is 0 Å². The van der Waals surface area contributed by atoms with Crippen molar-refractivity contribution in [2.75, 3.05) is 14.1 Å². The Kier molecular flexibility index (Phi) is 5.03. The quantitative estimate of drug-likeness (QED) is 0.700. The number of rotatable bonds is 5. The van der Waals surface area contributed by atoms with E-state index in [9.17, 15) is 4.79 Å². The number of nitrogens with zero attached hydrogens (tertiary/aromatic N) is 1. The Morgan fingerprint density at radius 3 is 2.14 bits per heavy atom. The standard InChI is InChI=1S/C11H21NOSe/c1-8(13)7-11(3,4)9(2)10(14)12(5)6/h9H,7H2,1-6H3. The zero-order valence-corrected chi connectivity index (χ0v) is 11.8. The van der Waals surface area contributed by atoms with Gasteiger partial charge < -0.3 is 0 Å². The summed E-state index contributed by atoms with van der Waals surface area (Å²) in [6, 6.07) is 0. The molecule has 0 spiro atoms. The van der Waals surface area contributed by atoms with Gasteiger partial charge in [-0.25, -0.2) is 0 Å². The molecular weight excluding hydrogens is 241 g/mol. The fourth-order valence-corrected chi connectivity index (χ4v) is 2.19. The van der Waals surface area contributed by atoms with Crippen LogP contribution in [0.3, 0.4) is 0 Å². The molecule has 0 aliphatic rings. The summed E-state index contributed by atoms with van der Waals surface area (Å²) in [7, 11) is 4.04. The Bertz CT molecular complexity index is 233. The average Bonchev–Trinajstić information content (AvgIpc) is 1.99. The van der Waals surface area contributed by atoms with E-state index in [0.29, 0.717) is 12.3 Å². The fraction of sp³-hybridized carbons (Fsp3) is 0.818. The van der Waals surface area contributed by atoms with Gasteiger partial charge in [0.15, 0.2) is 0 Å². The van der Waals surface area contributed by atoms with Gasteiger partial charge in [-0.1, -0.05) is 0 Å². The Labute approximate surface area is 95.4 Å². The molecule has 2 nitrogen and oxygen atoms in total. The molecule has 0 aliphatic carbocycles. The first-order chi connectivity index (χ1) is 6.18. The Hall–Kier alpha value is -0.141. The van der Waals surface area contributed by atoms with Crippen molar-refractivity contribution in [3.63, 3.8) is 0 Å². The van der Waals surface area contributed by atoms with E-state index in [1.165, 1.54) is 4.54 Å². The number of ketones is 1. The van der Waals surface area contributed by atoms with Gasteiger partial charge in [0.2, 0.25) is 0 Å². The molecule has 0 radical (unpaired) electrons. The van der Waals surface area contributed by atoms with Crippen molar-refractivity contribution in [1.82, 2.24) is 4.90 Å². The molecule has 0 amide bonds. The summed E-state index contributed by atoms with van der Waals surface area (Å²) in [6.45, 7) is 8.10. The minimum atomic E-state index is 0.0245. The maximum atomic E-state index is 11.1. The van der Waals surface area contributed by atoms with Crippen LogP contribution in [0.2, 0.25) is 0 Å². The second kappa shape index (κ2) is 5.09. The molecule has 0 saturated carbocycles. The van der Waals surface area contributed by atoms with E-state index >= 15 is 0 Å². The third-order valence-electron chi connectivity index (χ3n) is 2.69. The van der Waals surface area contributed by atoms with Gasteiger partial charge in [0.05, 0.1) is 0 Å². The molecule has 0 N–H and O–H groups in total. The summed E-state index contributed by atoms with van der Waals surface area (Å²) < 4.78 is 1.20. The Balaban J connectivity index is 4.57. The van der Waals surface area contributed by atoms with Crippen LogP contribution >= 0.6 is 0 Å². The Morgan fingerprint density at radius 1 is 1.43 bits per heavy atom. The number of carbonyl (C=O) groups excluding carboxylic acids is 1. The number of Topliss-reactive ketones (excluding diaryl/α,β-unsaturated/α-hetero) is 1. The summed E-state index contributed by atoms with van der Waals surface area (Å²) in [6.07, 6.45) is 0.632. The number of hydrogen-bond donors (Lipinski definition) is 0. The third-order valence-corrected chi connectivity index (χ3v) is 4.20. The zero-order valence-electron chi connectivity index (χ0n) is 10.0. The van der Waals surface area contributed by atoms with Crippen LogP contribution in [0.5, 0.6) is 0 Å². The van der Waals surface area contributed by atoms with Crippen LogP contribution < -0.4 is 0 Å². The second-order valence-corrected chi connectivity index (χ2v) is 5.70. The van der Waals surface area contributed by atoms with Crippen molar-refractivity contribution >= 4 is 25.9 Å². The van der Waals surface area contributed by atoms with Gasteiger partial charge in [0.1, 0.15) is 0 Å². The molecule has 1 unspecified atom stereocenters. The molecule has 0 saturated heterocycles. The van der Waals surface area contributed by atoms with Crippen LogP contribution in [0.15, 0.2) is 0 Å². The molecule has 0 rings (SSSR count). The molecule has 0 aromatic carbocycles. The summed E-state index contributed by atoms with van der Waals surface area (Å²) in [5, 5.41) is 0. The first kappa shape index (κ1) is 13.9. The summed E-state index contributed by atoms with van der Waals surface area (Å²) in [5.41, 5.74) is 0.0245. The predicted molar refractivity (Wildman–Crippen MR) is 62.7 cm³/mol. The molecule has 14 heavy (non-hydrogen) atoms. The van der Waals surface area contributed by atoms with E-state index < -0.39 is 0 Å². The predicted octanol–water partition coefficient (Wildman–Crippen LogP) is 1.49. The SMILES string of the molecule is CC(=O)CC(C)(C)C(C)C(=[Se])N(C)C. The van der Waals surface area contributed by atoms with Gasteiger partial charge in [-0.05, 0) is 0 Å². The van der Waals surface area contributed by atoms with Crippen molar-refractivity contribution in [3.05, 3.63) is 0 Å². The Morgan fingerprint density at radius 2 is 1.86 bits per heavy atom. The van der Waals surface area contributed by atoms with E-state index in [-0.39, 0.29) is 11.2 Å². The van der Waals surface area contributed by atoms with Crippen LogP contribution in [0, 0.1) is 11.3 Å². The minimum absolute atomic E-state index is 0.0245. The van der Waals surface area contributed by atoms with Gasteiger partial charge in [-0.2, -0.15) is 0 Å². The molecule has 0 bridgehead atoms. The van der Waals surface area contributed by atoms with E-state index in [1.54, 1.807) is 6.92 Å². The third kappa shape index (κ3) is 3.93. The topological polar surface area (TPSA) is 20.3 Å². The molecule has 1 atom stereocenters. The molecular formula is C11H21NOSe. The van der Waals surface area contributed by atoms with Gasteiger partial charge in [-0.15, -0.1) is 0 Å². The van der Waals surface area contributed by atoms with Gasteiger partial charge >= 0.3 is 95.1 Å². The summed E-state index contributed by atoms with van der Waals surface area (Å²) in [4.78, 5) is 13.2. The number of hydrogen-bond acceptors (Lipinski definition) is 2. The zero-order chi connectivity index (χ0) is 11.5. The van der Waals surface area contributed by atoms with Crippen LogP contribution in [-0.2, 0) is 4.79 Å². The molecule has 0 heterocycles. The van der Waals surface area contributed by atoms with E-state index in [1.807, 2.05) is 14.1 Å². The van der Waals surface area contributed by atoms with Crippen LogP contribution in [0.1, 0.15) is 34.1 Å². The molecule has 82 valence electrons. The average molecular weight is 262 g/mol.